The van der Waals surface area contributed by atoms with Crippen LogP contribution < -0.4 is 0 Å². The van der Waals surface area contributed by atoms with Gasteiger partial charge in [-0.1, -0.05) is 6.07 Å². The third kappa shape index (κ3) is 4.80. The number of ether oxygens (including phenoxy) is 1. The molecular weight excluding hydrogens is 440 g/mol. The third-order valence-electron chi connectivity index (χ3n) is 4.87. The second-order valence-electron chi connectivity index (χ2n) is 8.12. The van der Waals surface area contributed by atoms with Gasteiger partial charge in [0.05, 0.1) is 16.2 Å². The number of hydrogen-bond donors (Lipinski definition) is 0. The lowest BCUT2D eigenvalue weighted by atomic mass is 10.1. The summed E-state index contributed by atoms with van der Waals surface area (Å²) >= 11 is 0. The number of benzene rings is 1. The second-order valence-corrected chi connectivity index (χ2v) is 9.93. The van der Waals surface area contributed by atoms with Crippen LogP contribution in [0.3, 0.4) is 0 Å². The number of carbonyl (C=O) groups excluding carboxylic acids is 1. The van der Waals surface area contributed by atoms with Crippen LogP contribution in [0.2, 0.25) is 0 Å². The van der Waals surface area contributed by atoms with Crippen molar-refractivity contribution in [3.05, 3.63) is 72.2 Å². The van der Waals surface area contributed by atoms with Gasteiger partial charge in [-0.15, -0.1) is 0 Å². The highest BCUT2D eigenvalue weighted by molar-refractivity contribution is 7.90. The molecule has 0 saturated heterocycles. The Labute approximate surface area is 185 Å². The van der Waals surface area contributed by atoms with Crippen molar-refractivity contribution >= 4 is 16.1 Å². The summed E-state index contributed by atoms with van der Waals surface area (Å²) in [5, 5.41) is 0. The third-order valence-corrected chi connectivity index (χ3v) is 6.54. The van der Waals surface area contributed by atoms with Crippen LogP contribution in [0, 0.1) is 11.8 Å². The van der Waals surface area contributed by atoms with Gasteiger partial charge in [-0.2, -0.15) is 4.39 Å². The molecule has 0 aliphatic heterocycles. The molecule has 170 valence electrons. The molecule has 1 amide bonds. The van der Waals surface area contributed by atoms with E-state index in [0.717, 1.165) is 16.1 Å². The fourth-order valence-electron chi connectivity index (χ4n) is 2.80. The zero-order valence-electron chi connectivity index (χ0n) is 18.0. The van der Waals surface area contributed by atoms with Crippen molar-refractivity contribution in [3.8, 4) is 11.3 Å². The van der Waals surface area contributed by atoms with Gasteiger partial charge in [0.2, 0.25) is 5.95 Å². The van der Waals surface area contributed by atoms with Crippen LogP contribution in [0.25, 0.3) is 11.3 Å². The van der Waals surface area contributed by atoms with Crippen molar-refractivity contribution in [2.24, 2.45) is 0 Å². The molecule has 0 unspecified atom stereocenters. The minimum absolute atomic E-state index is 0.0323. The largest absolute Gasteiger partial charge is 0.444 e. The molecule has 0 spiro atoms. The van der Waals surface area contributed by atoms with E-state index >= 15 is 0 Å². The maximum absolute atomic E-state index is 14.4. The van der Waals surface area contributed by atoms with Crippen LogP contribution in [-0.4, -0.2) is 41.0 Å². The first-order valence-electron chi connectivity index (χ1n) is 9.65. The van der Waals surface area contributed by atoms with Crippen LogP contribution in [-0.2, 0) is 21.4 Å². The number of halogens is 2. The minimum Gasteiger partial charge on any atom is -0.444 e. The number of nitrogens with zero attached hydrogens (tertiary/aromatic N) is 3. The Morgan fingerprint density at radius 3 is 2.50 bits per heavy atom. The van der Waals surface area contributed by atoms with E-state index in [1.807, 2.05) is 20.8 Å². The van der Waals surface area contributed by atoms with E-state index in [0.29, 0.717) is 5.56 Å². The van der Waals surface area contributed by atoms with E-state index in [1.54, 1.807) is 7.05 Å². The zero-order chi connectivity index (χ0) is 23.7. The molecule has 0 radical (unpaired) electrons. The van der Waals surface area contributed by atoms with E-state index in [-0.39, 0.29) is 22.8 Å². The first-order valence-corrected chi connectivity index (χ1v) is 11.1. The fourth-order valence-corrected chi connectivity index (χ4v) is 4.23. The van der Waals surface area contributed by atoms with Crippen LogP contribution >= 0.6 is 0 Å². The molecule has 32 heavy (non-hydrogen) atoms. The Balaban J connectivity index is 2.04. The maximum Gasteiger partial charge on any atom is 0.410 e. The van der Waals surface area contributed by atoms with Gasteiger partial charge in [-0.25, -0.2) is 26.6 Å². The van der Waals surface area contributed by atoms with Crippen LogP contribution in [0.1, 0.15) is 26.3 Å². The molecule has 0 atom stereocenters. The van der Waals surface area contributed by atoms with E-state index < -0.39 is 33.4 Å². The summed E-state index contributed by atoms with van der Waals surface area (Å²) in [5.74, 6) is -1.61. The Morgan fingerprint density at radius 1 is 1.16 bits per heavy atom. The van der Waals surface area contributed by atoms with Gasteiger partial charge < -0.3 is 9.64 Å². The van der Waals surface area contributed by atoms with Gasteiger partial charge >= 0.3 is 6.09 Å². The highest BCUT2D eigenvalue weighted by Gasteiger charge is 2.26. The monoisotopic (exact) mass is 463 g/mol. The van der Waals surface area contributed by atoms with Crippen LogP contribution in [0.15, 0.2) is 59.8 Å². The predicted molar refractivity (Wildman–Crippen MR) is 114 cm³/mol. The summed E-state index contributed by atoms with van der Waals surface area (Å²) < 4.78 is 60.7. The maximum atomic E-state index is 14.4. The lowest BCUT2D eigenvalue weighted by molar-refractivity contribution is 0.0759. The van der Waals surface area contributed by atoms with Gasteiger partial charge in [0, 0.05) is 30.5 Å². The summed E-state index contributed by atoms with van der Waals surface area (Å²) in [7, 11) is -2.70. The van der Waals surface area contributed by atoms with Gasteiger partial charge in [0.25, 0.3) is 10.0 Å². The summed E-state index contributed by atoms with van der Waals surface area (Å²) in [4.78, 5) is 17.0. The Morgan fingerprint density at radius 2 is 1.88 bits per heavy atom. The lowest BCUT2D eigenvalue weighted by Gasteiger charge is -2.30. The molecule has 0 bridgehead atoms. The lowest BCUT2D eigenvalue weighted by Crippen LogP contribution is -2.42. The highest BCUT2D eigenvalue weighted by Crippen LogP contribution is 2.29. The van der Waals surface area contributed by atoms with Crippen molar-refractivity contribution in [1.29, 1.82) is 0 Å². The van der Waals surface area contributed by atoms with Gasteiger partial charge in [0.1, 0.15) is 12.4 Å². The molecule has 3 rings (SSSR count). The second kappa shape index (κ2) is 8.70. The molecule has 0 N–H and O–H groups in total. The van der Waals surface area contributed by atoms with Crippen molar-refractivity contribution in [3.63, 3.8) is 0 Å². The smallest absolute Gasteiger partial charge is 0.410 e. The normalized spacial score (nSPS) is 11.9. The SMILES string of the molecule is CN(C(=O)OCc1cc(-c2cccnc2F)n(S(=O)(=O)c2cccc(F)c2)c1)C(C)(C)C. The molecule has 0 saturated carbocycles. The van der Waals surface area contributed by atoms with E-state index in [9.17, 15) is 22.0 Å². The van der Waals surface area contributed by atoms with Crippen molar-refractivity contribution in [2.75, 3.05) is 7.05 Å². The van der Waals surface area contributed by atoms with Crippen LogP contribution in [0.5, 0.6) is 0 Å². The number of hydrogen-bond acceptors (Lipinski definition) is 5. The molecular formula is C22H23F2N3O4S. The van der Waals surface area contributed by atoms with E-state index in [2.05, 4.69) is 4.98 Å². The van der Waals surface area contributed by atoms with E-state index in [4.69, 9.17) is 4.74 Å². The molecule has 1 aromatic carbocycles. The summed E-state index contributed by atoms with van der Waals surface area (Å²) in [6, 6.07) is 8.72. The van der Waals surface area contributed by atoms with E-state index in [1.165, 1.54) is 47.6 Å². The molecule has 3 aromatic rings. The molecule has 10 heteroatoms. The number of rotatable bonds is 5. The summed E-state index contributed by atoms with van der Waals surface area (Å²) in [5.41, 5.74) is -0.279. The number of amides is 1. The highest BCUT2D eigenvalue weighted by atomic mass is 32.2. The fraction of sp³-hybridized carbons (Fsp3) is 0.273. The number of carbonyl (C=O) groups is 1. The minimum atomic E-state index is -4.28. The van der Waals surface area contributed by atoms with Crippen molar-refractivity contribution in [2.45, 2.75) is 37.8 Å². The van der Waals surface area contributed by atoms with Crippen molar-refractivity contribution < 1.29 is 26.7 Å². The molecule has 2 aromatic heterocycles. The average molecular weight is 464 g/mol. The first-order chi connectivity index (χ1) is 14.9. The predicted octanol–water partition coefficient (Wildman–Crippen LogP) is 4.43. The molecule has 0 aliphatic rings. The quantitative estimate of drug-likeness (QED) is 0.523. The first kappa shape index (κ1) is 23.4. The molecule has 0 aliphatic carbocycles. The Kier molecular flexibility index (Phi) is 6.36. The summed E-state index contributed by atoms with van der Waals surface area (Å²) in [6.45, 7) is 5.25. The summed E-state index contributed by atoms with van der Waals surface area (Å²) in [6.07, 6.45) is 1.84. The average Bonchev–Trinajstić information content (AvgIpc) is 3.16. The topological polar surface area (TPSA) is 81.5 Å². The van der Waals surface area contributed by atoms with Gasteiger partial charge in [-0.05, 0) is 57.2 Å². The van der Waals surface area contributed by atoms with Crippen LogP contribution in [0.4, 0.5) is 13.6 Å². The molecule has 2 heterocycles. The molecule has 0 fully saturated rings. The zero-order valence-corrected chi connectivity index (χ0v) is 18.9. The Hall–Kier alpha value is -3.27. The number of aromatic nitrogens is 2. The van der Waals surface area contributed by atoms with Gasteiger partial charge in [-0.3, -0.25) is 0 Å². The molecule has 7 nitrogen and oxygen atoms in total. The van der Waals surface area contributed by atoms with Gasteiger partial charge in [0.15, 0.2) is 0 Å². The number of pyridine rings is 1. The standard InChI is InChI=1S/C22H23F2N3O4S/c1-22(2,3)26(4)21(28)31-14-15-11-19(18-9-6-10-25-20(18)24)27(13-15)32(29,30)17-8-5-7-16(23)12-17/h5-13H,14H2,1-4H3. The Bertz CT molecular complexity index is 1250. The van der Waals surface area contributed by atoms with Crippen molar-refractivity contribution in [1.82, 2.24) is 13.9 Å².